The first-order valence-corrected chi connectivity index (χ1v) is 10.3. The SMILES string of the molecule is Cc1ccc2cc3ccccc3cc2c1.O=C1c2ccccc2C(=O)c2ccccc21. The van der Waals surface area contributed by atoms with Crippen molar-refractivity contribution < 1.29 is 9.59 Å². The Bertz CT molecular complexity index is 1370. The maximum atomic E-state index is 12.1. The largest absolute Gasteiger partial charge is 0.289 e. The Morgan fingerprint density at radius 2 is 0.806 bits per heavy atom. The molecule has 31 heavy (non-hydrogen) atoms. The van der Waals surface area contributed by atoms with Crippen molar-refractivity contribution in [3.63, 3.8) is 0 Å². The fourth-order valence-corrected chi connectivity index (χ4v) is 4.11. The summed E-state index contributed by atoms with van der Waals surface area (Å²) in [5, 5.41) is 5.28. The number of fused-ring (bicyclic) bond motifs is 4. The van der Waals surface area contributed by atoms with Gasteiger partial charge in [0.25, 0.3) is 0 Å². The second-order valence-corrected chi connectivity index (χ2v) is 7.80. The highest BCUT2D eigenvalue weighted by atomic mass is 16.1. The summed E-state index contributed by atoms with van der Waals surface area (Å²) in [6.45, 7) is 2.13. The van der Waals surface area contributed by atoms with E-state index in [4.69, 9.17) is 0 Å². The van der Waals surface area contributed by atoms with Gasteiger partial charge < -0.3 is 0 Å². The van der Waals surface area contributed by atoms with Crippen molar-refractivity contribution in [3.05, 3.63) is 131 Å². The Morgan fingerprint density at radius 3 is 1.29 bits per heavy atom. The summed E-state index contributed by atoms with van der Waals surface area (Å²) in [4.78, 5) is 24.2. The topological polar surface area (TPSA) is 34.1 Å². The van der Waals surface area contributed by atoms with Gasteiger partial charge in [-0.15, -0.1) is 0 Å². The van der Waals surface area contributed by atoms with E-state index in [0.29, 0.717) is 22.3 Å². The minimum Gasteiger partial charge on any atom is -0.289 e. The molecule has 0 unspecified atom stereocenters. The summed E-state index contributed by atoms with van der Waals surface area (Å²) in [5.41, 5.74) is 3.34. The molecule has 1 aliphatic carbocycles. The molecule has 0 spiro atoms. The molecule has 0 aromatic heterocycles. The van der Waals surface area contributed by atoms with Crippen molar-refractivity contribution in [2.75, 3.05) is 0 Å². The second kappa shape index (κ2) is 7.66. The average molecular weight is 400 g/mol. The van der Waals surface area contributed by atoms with E-state index >= 15 is 0 Å². The van der Waals surface area contributed by atoms with Crippen molar-refractivity contribution in [2.45, 2.75) is 6.92 Å². The number of rotatable bonds is 0. The quantitative estimate of drug-likeness (QED) is 0.264. The first-order valence-electron chi connectivity index (χ1n) is 10.3. The lowest BCUT2D eigenvalue weighted by atomic mass is 9.84. The van der Waals surface area contributed by atoms with Gasteiger partial charge in [-0.1, -0.05) is 96.6 Å². The van der Waals surface area contributed by atoms with E-state index in [2.05, 4.69) is 61.5 Å². The number of benzene rings is 5. The van der Waals surface area contributed by atoms with Gasteiger partial charge in [0, 0.05) is 22.3 Å². The second-order valence-electron chi connectivity index (χ2n) is 7.80. The first kappa shape index (κ1) is 19.0. The highest BCUT2D eigenvalue weighted by molar-refractivity contribution is 6.28. The van der Waals surface area contributed by atoms with Crippen molar-refractivity contribution in [3.8, 4) is 0 Å². The van der Waals surface area contributed by atoms with Crippen LogP contribution in [0.4, 0.5) is 0 Å². The molecular weight excluding hydrogens is 380 g/mol. The molecule has 0 saturated carbocycles. The van der Waals surface area contributed by atoms with Crippen molar-refractivity contribution in [1.82, 2.24) is 0 Å². The molecule has 0 N–H and O–H groups in total. The maximum absolute atomic E-state index is 12.1. The van der Waals surface area contributed by atoms with Crippen LogP contribution in [0.1, 0.15) is 37.4 Å². The summed E-state index contributed by atoms with van der Waals surface area (Å²) in [6, 6.07) is 33.5. The number of hydrogen-bond acceptors (Lipinski definition) is 2. The Balaban J connectivity index is 0.000000132. The molecule has 1 aliphatic rings. The van der Waals surface area contributed by atoms with Crippen LogP contribution < -0.4 is 0 Å². The Labute approximate surface area is 180 Å². The summed E-state index contributed by atoms with van der Waals surface area (Å²) >= 11 is 0. The van der Waals surface area contributed by atoms with E-state index in [1.807, 2.05) is 0 Å². The molecule has 6 rings (SSSR count). The minimum atomic E-state index is -0.0641. The van der Waals surface area contributed by atoms with Crippen molar-refractivity contribution in [1.29, 1.82) is 0 Å². The van der Waals surface area contributed by atoms with E-state index < -0.39 is 0 Å². The number of ketones is 2. The van der Waals surface area contributed by atoms with E-state index in [-0.39, 0.29) is 11.6 Å². The van der Waals surface area contributed by atoms with Crippen LogP contribution in [-0.4, -0.2) is 11.6 Å². The zero-order valence-electron chi connectivity index (χ0n) is 17.1. The number of carbonyl (C=O) groups is 2. The normalized spacial score (nSPS) is 12.2. The summed E-state index contributed by atoms with van der Waals surface area (Å²) < 4.78 is 0. The van der Waals surface area contributed by atoms with Crippen LogP contribution in [0, 0.1) is 6.92 Å². The molecule has 0 saturated heterocycles. The molecule has 0 fully saturated rings. The average Bonchev–Trinajstić information content (AvgIpc) is 2.81. The lowest BCUT2D eigenvalue weighted by molar-refractivity contribution is 0.0979. The summed E-state index contributed by atoms with van der Waals surface area (Å²) in [7, 11) is 0. The molecule has 2 nitrogen and oxygen atoms in total. The van der Waals surface area contributed by atoms with Gasteiger partial charge in [0.1, 0.15) is 0 Å². The van der Waals surface area contributed by atoms with Crippen LogP contribution in [0.25, 0.3) is 21.5 Å². The van der Waals surface area contributed by atoms with Crippen LogP contribution in [0.3, 0.4) is 0 Å². The van der Waals surface area contributed by atoms with Gasteiger partial charge >= 0.3 is 0 Å². The Morgan fingerprint density at radius 1 is 0.419 bits per heavy atom. The van der Waals surface area contributed by atoms with Crippen molar-refractivity contribution >= 4 is 33.1 Å². The first-order chi connectivity index (χ1) is 15.1. The summed E-state index contributed by atoms with van der Waals surface area (Å²) in [5.74, 6) is -0.128. The highest BCUT2D eigenvalue weighted by Crippen LogP contribution is 2.26. The van der Waals surface area contributed by atoms with Gasteiger partial charge in [0.2, 0.25) is 0 Å². The van der Waals surface area contributed by atoms with Crippen LogP contribution >= 0.6 is 0 Å². The predicted octanol–water partition coefficient (Wildman–Crippen LogP) is 6.76. The molecule has 0 radical (unpaired) electrons. The van der Waals surface area contributed by atoms with E-state index in [1.54, 1.807) is 48.5 Å². The van der Waals surface area contributed by atoms with Crippen molar-refractivity contribution in [2.24, 2.45) is 0 Å². The maximum Gasteiger partial charge on any atom is 0.194 e. The third kappa shape index (κ3) is 3.43. The Kier molecular flexibility index (Phi) is 4.68. The molecule has 0 atom stereocenters. The molecule has 0 bridgehead atoms. The molecule has 5 aromatic rings. The van der Waals surface area contributed by atoms with Crippen LogP contribution in [-0.2, 0) is 0 Å². The van der Waals surface area contributed by atoms with Gasteiger partial charge in [-0.2, -0.15) is 0 Å². The number of aryl methyl sites for hydroxylation is 1. The smallest absolute Gasteiger partial charge is 0.194 e. The predicted molar refractivity (Wildman–Crippen MR) is 126 cm³/mol. The summed E-state index contributed by atoms with van der Waals surface area (Å²) in [6.07, 6.45) is 0. The van der Waals surface area contributed by atoms with E-state index in [9.17, 15) is 9.59 Å². The third-order valence-electron chi connectivity index (χ3n) is 5.69. The van der Waals surface area contributed by atoms with Gasteiger partial charge in [0.05, 0.1) is 0 Å². The lowest BCUT2D eigenvalue weighted by Gasteiger charge is -2.16. The molecule has 5 aromatic carbocycles. The fraction of sp³-hybridized carbons (Fsp3) is 0.0345. The van der Waals surface area contributed by atoms with Gasteiger partial charge in [-0.3, -0.25) is 9.59 Å². The minimum absolute atomic E-state index is 0.0641. The zero-order chi connectivity index (χ0) is 21.4. The van der Waals surface area contributed by atoms with Crippen LogP contribution in [0.2, 0.25) is 0 Å². The zero-order valence-corrected chi connectivity index (χ0v) is 17.1. The molecular formula is C29H20O2. The molecule has 0 heterocycles. The van der Waals surface area contributed by atoms with E-state index in [0.717, 1.165) is 0 Å². The third-order valence-corrected chi connectivity index (χ3v) is 5.69. The molecule has 0 aliphatic heterocycles. The van der Waals surface area contributed by atoms with Crippen LogP contribution in [0.15, 0.2) is 103 Å². The molecule has 148 valence electrons. The molecule has 2 heteroatoms. The molecule has 0 amide bonds. The van der Waals surface area contributed by atoms with E-state index in [1.165, 1.54) is 27.1 Å². The Hall–Kier alpha value is -4.04. The highest BCUT2D eigenvalue weighted by Gasteiger charge is 2.28. The van der Waals surface area contributed by atoms with Gasteiger partial charge in [-0.25, -0.2) is 0 Å². The number of carbonyl (C=O) groups excluding carboxylic acids is 2. The lowest BCUT2D eigenvalue weighted by Crippen LogP contribution is -2.20. The fourth-order valence-electron chi connectivity index (χ4n) is 4.11. The monoisotopic (exact) mass is 400 g/mol. The van der Waals surface area contributed by atoms with Gasteiger partial charge in [-0.05, 0) is 40.6 Å². The standard InChI is InChI=1S/C15H12.C14H8O2/c1-11-6-7-14-9-12-4-2-3-5-13(12)10-15(14)8-11;15-13-9-5-1-2-6-10(9)14(16)12-8-4-3-7-11(12)13/h2-10H,1H3;1-8H. The number of hydrogen-bond donors (Lipinski definition) is 0. The van der Waals surface area contributed by atoms with Gasteiger partial charge in [0.15, 0.2) is 11.6 Å². The van der Waals surface area contributed by atoms with Crippen LogP contribution in [0.5, 0.6) is 0 Å².